The number of unbranched alkanes of at least 4 members (excludes halogenated alkanes) is 1. The van der Waals surface area contributed by atoms with Crippen molar-refractivity contribution in [3.05, 3.63) is 100 Å². The quantitative estimate of drug-likeness (QED) is 0.136. The molecule has 43 heavy (non-hydrogen) atoms. The third-order valence-electron chi connectivity index (χ3n) is 7.31. The van der Waals surface area contributed by atoms with Crippen molar-refractivity contribution in [1.82, 2.24) is 20.1 Å². The fourth-order valence-corrected chi connectivity index (χ4v) is 5.17. The molecule has 2 heterocycles. The van der Waals surface area contributed by atoms with Gasteiger partial charge in [0.05, 0.1) is 24.9 Å². The molecule has 10 nitrogen and oxygen atoms in total. The zero-order valence-electron chi connectivity index (χ0n) is 23.8. The van der Waals surface area contributed by atoms with Gasteiger partial charge in [-0.15, -0.1) is 10.2 Å². The molecule has 0 radical (unpaired) electrons. The van der Waals surface area contributed by atoms with E-state index in [1.54, 1.807) is 31.4 Å². The van der Waals surface area contributed by atoms with E-state index in [0.717, 1.165) is 16.8 Å². The van der Waals surface area contributed by atoms with Crippen LogP contribution in [0.1, 0.15) is 64.9 Å². The number of ketones is 1. The lowest BCUT2D eigenvalue weighted by Crippen LogP contribution is -2.29. The Morgan fingerprint density at radius 2 is 1.77 bits per heavy atom. The summed E-state index contributed by atoms with van der Waals surface area (Å²) in [4.78, 5) is 30.7. The topological polar surface area (TPSA) is 139 Å². The highest BCUT2D eigenvalue weighted by Crippen LogP contribution is 2.34. The van der Waals surface area contributed by atoms with Crippen LogP contribution in [0, 0.1) is 6.92 Å². The van der Waals surface area contributed by atoms with Gasteiger partial charge in [0.25, 0.3) is 0 Å². The van der Waals surface area contributed by atoms with Crippen molar-refractivity contribution in [3.63, 3.8) is 0 Å². The van der Waals surface area contributed by atoms with Crippen LogP contribution in [0.25, 0.3) is 5.69 Å². The Balaban J connectivity index is 1.28. The minimum Gasteiger partial charge on any atom is -0.497 e. The molecule has 0 unspecified atom stereocenters. The number of halogens is 1. The fraction of sp³-hybridized carbons (Fsp3) is 0.258. The number of aromatic nitrogens is 3. The van der Waals surface area contributed by atoms with Crippen molar-refractivity contribution in [1.29, 1.82) is 0 Å². The number of ether oxygens (including phenoxy) is 1. The van der Waals surface area contributed by atoms with Gasteiger partial charge in [0.2, 0.25) is 5.91 Å². The molecule has 4 aromatic rings. The van der Waals surface area contributed by atoms with E-state index in [-0.39, 0.29) is 18.1 Å². The molecule has 12 heteroatoms. The van der Waals surface area contributed by atoms with E-state index in [1.165, 1.54) is 12.1 Å². The maximum absolute atomic E-state index is 13.1. The van der Waals surface area contributed by atoms with Gasteiger partial charge in [0.1, 0.15) is 17.6 Å². The molecule has 0 spiro atoms. The summed E-state index contributed by atoms with van der Waals surface area (Å²) in [7, 11) is 0.0388. The first-order valence-electron chi connectivity index (χ1n) is 14.0. The van der Waals surface area contributed by atoms with Crippen LogP contribution in [0.15, 0.2) is 71.7 Å². The van der Waals surface area contributed by atoms with E-state index in [4.69, 9.17) is 21.3 Å². The van der Waals surface area contributed by atoms with Gasteiger partial charge >= 0.3 is 7.12 Å². The molecule has 3 N–H and O–H groups in total. The first-order chi connectivity index (χ1) is 20.7. The Bertz CT molecular complexity index is 1650. The molecule has 1 amide bonds. The second kappa shape index (κ2) is 13.3. The van der Waals surface area contributed by atoms with E-state index in [2.05, 4.69) is 15.5 Å². The lowest BCUT2D eigenvalue weighted by Gasteiger charge is -2.14. The maximum Gasteiger partial charge on any atom is 0.488 e. The van der Waals surface area contributed by atoms with Crippen LogP contribution in [-0.2, 0) is 4.79 Å². The molecule has 0 saturated carbocycles. The number of rotatable bonds is 11. The number of benzene rings is 3. The minimum absolute atomic E-state index is 0.0428. The molecule has 0 aliphatic carbocycles. The molecular weight excluding hydrogens is 569 g/mol. The maximum atomic E-state index is 13.1. The number of Topliss-reactive ketones (excluding diaryl/α,β-unsaturated/α-hetero) is 1. The summed E-state index contributed by atoms with van der Waals surface area (Å²) < 4.78 is 7.44. The van der Waals surface area contributed by atoms with Gasteiger partial charge < -0.3 is 20.1 Å². The summed E-state index contributed by atoms with van der Waals surface area (Å²) in [6, 6.07) is 18.7. The predicted octanol–water partition coefficient (Wildman–Crippen LogP) is 3.37. The highest BCUT2D eigenvalue weighted by molar-refractivity contribution is 6.58. The van der Waals surface area contributed by atoms with Crippen LogP contribution < -0.4 is 15.5 Å². The summed E-state index contributed by atoms with van der Waals surface area (Å²) in [5, 5.41) is 30.7. The summed E-state index contributed by atoms with van der Waals surface area (Å²) in [6.07, 6.45) is 1.59. The molecule has 0 fully saturated rings. The largest absolute Gasteiger partial charge is 0.497 e. The number of nitrogens with one attached hydrogen (secondary N) is 1. The van der Waals surface area contributed by atoms with Crippen molar-refractivity contribution in [2.45, 2.75) is 38.6 Å². The normalized spacial score (nSPS) is 13.8. The standard InChI is InChI=1S/C31H31BClN5O5/c1-19-36-37-31-26(18-29(40)34-16-4-3-5-28(39)20-6-10-22(11-7-20)32(41)42)35-30(21-8-12-23(33)13-9-21)25-17-24(43-2)14-15-27(25)38(19)31/h6-15,17,26,41-42H,3-5,16,18H2,1-2H3,(H,34,40)/t26-/m0/s1. The number of amides is 1. The molecule has 1 aromatic heterocycles. The van der Waals surface area contributed by atoms with Crippen LogP contribution in [-0.4, -0.2) is 63.0 Å². The molecule has 0 bridgehead atoms. The number of fused-ring (bicyclic) bond motifs is 3. The zero-order chi connectivity index (χ0) is 30.5. The van der Waals surface area contributed by atoms with Crippen molar-refractivity contribution in [3.8, 4) is 11.4 Å². The van der Waals surface area contributed by atoms with Crippen LogP contribution in [0.3, 0.4) is 0 Å². The first-order valence-corrected chi connectivity index (χ1v) is 14.3. The van der Waals surface area contributed by atoms with E-state index < -0.39 is 13.2 Å². The Morgan fingerprint density at radius 1 is 1.02 bits per heavy atom. The Hall–Kier alpha value is -4.32. The smallest absolute Gasteiger partial charge is 0.488 e. The molecule has 1 aliphatic rings. The average Bonchev–Trinajstić information content (AvgIpc) is 3.33. The fourth-order valence-electron chi connectivity index (χ4n) is 5.05. The molecule has 1 aliphatic heterocycles. The van der Waals surface area contributed by atoms with Gasteiger partial charge in [-0.25, -0.2) is 0 Å². The molecule has 0 saturated heterocycles. The number of nitrogens with zero attached hydrogens (tertiary/aromatic N) is 4. The highest BCUT2D eigenvalue weighted by atomic mass is 35.5. The van der Waals surface area contributed by atoms with Crippen molar-refractivity contribution in [2.24, 2.45) is 4.99 Å². The van der Waals surface area contributed by atoms with E-state index in [9.17, 15) is 19.6 Å². The van der Waals surface area contributed by atoms with Gasteiger partial charge in [-0.2, -0.15) is 0 Å². The van der Waals surface area contributed by atoms with Gasteiger partial charge in [-0.1, -0.05) is 48.0 Å². The number of methoxy groups -OCH3 is 1. The van der Waals surface area contributed by atoms with Gasteiger partial charge in [0, 0.05) is 34.7 Å². The Morgan fingerprint density at radius 3 is 2.47 bits per heavy atom. The Labute approximate surface area is 254 Å². The number of hydrogen-bond donors (Lipinski definition) is 3. The molecule has 5 rings (SSSR count). The van der Waals surface area contributed by atoms with E-state index in [0.29, 0.717) is 65.0 Å². The molecule has 220 valence electrons. The molecule has 3 aromatic carbocycles. The lowest BCUT2D eigenvalue weighted by atomic mass is 9.80. The van der Waals surface area contributed by atoms with Crippen LogP contribution in [0.2, 0.25) is 5.02 Å². The van der Waals surface area contributed by atoms with Gasteiger partial charge in [0.15, 0.2) is 11.6 Å². The van der Waals surface area contributed by atoms with E-state index >= 15 is 0 Å². The second-order valence-electron chi connectivity index (χ2n) is 10.3. The van der Waals surface area contributed by atoms with Crippen LogP contribution in [0.5, 0.6) is 5.75 Å². The third kappa shape index (κ3) is 6.85. The summed E-state index contributed by atoms with van der Waals surface area (Å²) in [5.41, 5.74) is 4.02. The van der Waals surface area contributed by atoms with Crippen molar-refractivity contribution >= 4 is 41.6 Å². The third-order valence-corrected chi connectivity index (χ3v) is 7.56. The highest BCUT2D eigenvalue weighted by Gasteiger charge is 2.30. The summed E-state index contributed by atoms with van der Waals surface area (Å²) >= 11 is 6.17. The second-order valence-corrected chi connectivity index (χ2v) is 10.7. The summed E-state index contributed by atoms with van der Waals surface area (Å²) in [6.45, 7) is 2.27. The molecular formula is C31H31BClN5O5. The number of aryl methyl sites for hydroxylation is 1. The van der Waals surface area contributed by atoms with E-state index in [1.807, 2.05) is 41.8 Å². The van der Waals surface area contributed by atoms with Crippen LogP contribution in [0.4, 0.5) is 0 Å². The molecule has 1 atom stereocenters. The van der Waals surface area contributed by atoms with Gasteiger partial charge in [-0.05, 0) is 55.6 Å². The van der Waals surface area contributed by atoms with Crippen LogP contribution >= 0.6 is 11.6 Å². The van der Waals surface area contributed by atoms with Crippen molar-refractivity contribution < 1.29 is 24.4 Å². The zero-order valence-corrected chi connectivity index (χ0v) is 24.6. The lowest BCUT2D eigenvalue weighted by molar-refractivity contribution is -0.121. The minimum atomic E-state index is -1.57. The summed E-state index contributed by atoms with van der Waals surface area (Å²) in [5.74, 6) is 1.67. The number of aliphatic imine (C=N–C) groups is 1. The number of hydrogen-bond acceptors (Lipinski definition) is 8. The first kappa shape index (κ1) is 30.2. The number of carbonyl (C=O) groups excluding carboxylic acids is 2. The number of carbonyl (C=O) groups is 2. The Kier molecular flexibility index (Phi) is 9.35. The average molecular weight is 600 g/mol. The van der Waals surface area contributed by atoms with Crippen molar-refractivity contribution in [2.75, 3.05) is 13.7 Å². The SMILES string of the molecule is COc1ccc2c(c1)C(c1ccc(Cl)cc1)=N[C@@H](CC(=O)NCCCCC(=O)c1ccc(B(O)O)cc1)c1nnc(C)n1-2. The van der Waals surface area contributed by atoms with Gasteiger partial charge in [-0.3, -0.25) is 19.1 Å². The monoisotopic (exact) mass is 599 g/mol. The predicted molar refractivity (Wildman–Crippen MR) is 165 cm³/mol.